The number of benzene rings is 2. The lowest BCUT2D eigenvalue weighted by atomic mass is 9.79. The van der Waals surface area contributed by atoms with Crippen molar-refractivity contribution >= 4 is 56.6 Å². The minimum absolute atomic E-state index is 0.0305. The zero-order valence-electron chi connectivity index (χ0n) is 17.5. The first-order valence-electron chi connectivity index (χ1n) is 9.77. The number of nitrogens with one attached hydrogen (secondary N) is 1. The van der Waals surface area contributed by atoms with E-state index in [1.54, 1.807) is 28.9 Å². The highest BCUT2D eigenvalue weighted by Crippen LogP contribution is 2.39. The number of amides is 1. The normalized spacial score (nSPS) is 18.6. The first-order chi connectivity index (χ1) is 15.0. The molecule has 10 heteroatoms. The number of hydrogen-bond acceptors (Lipinski definition) is 4. The summed E-state index contributed by atoms with van der Waals surface area (Å²) in [5, 5.41) is 8.76. The van der Waals surface area contributed by atoms with E-state index in [9.17, 15) is 18.0 Å². The quantitative estimate of drug-likeness (QED) is 0.427. The maximum absolute atomic E-state index is 13.1. The predicted octanol–water partition coefficient (Wildman–Crippen LogP) is 6.54. The van der Waals surface area contributed by atoms with Gasteiger partial charge in [-0.3, -0.25) is 9.80 Å². The van der Waals surface area contributed by atoms with Gasteiger partial charge in [0.15, 0.2) is 0 Å². The number of carbonyl (C=O) groups excluding carboxylic acids is 1. The lowest BCUT2D eigenvalue weighted by molar-refractivity contribution is -0.137. The van der Waals surface area contributed by atoms with Crippen molar-refractivity contribution in [1.82, 2.24) is 5.01 Å². The molecule has 0 aromatic heterocycles. The van der Waals surface area contributed by atoms with Gasteiger partial charge < -0.3 is 5.32 Å². The van der Waals surface area contributed by atoms with Crippen LogP contribution in [0.5, 0.6) is 0 Å². The van der Waals surface area contributed by atoms with Gasteiger partial charge >= 0.3 is 6.18 Å². The number of alkyl halides is 3. The molecule has 0 fully saturated rings. The molecule has 32 heavy (non-hydrogen) atoms. The van der Waals surface area contributed by atoms with Gasteiger partial charge in [-0.25, -0.2) is 0 Å². The summed E-state index contributed by atoms with van der Waals surface area (Å²) in [6.07, 6.45) is -1.77. The minimum atomic E-state index is -4.52. The van der Waals surface area contributed by atoms with Crippen LogP contribution < -0.4 is 5.32 Å². The van der Waals surface area contributed by atoms with Crippen LogP contribution >= 0.6 is 39.3 Å². The highest BCUT2D eigenvalue weighted by molar-refractivity contribution is 9.10. The largest absolute Gasteiger partial charge is 0.417 e. The molecular weight excluding hydrogens is 527 g/mol. The minimum Gasteiger partial charge on any atom is -0.324 e. The van der Waals surface area contributed by atoms with E-state index in [2.05, 4.69) is 26.3 Å². The number of hydrogen-bond donors (Lipinski definition) is 1. The molecular formula is C22H22BrClF3N3OS. The van der Waals surface area contributed by atoms with Crippen LogP contribution in [0.4, 0.5) is 18.9 Å². The van der Waals surface area contributed by atoms with E-state index < -0.39 is 17.2 Å². The Hall–Kier alpha value is -1.71. The van der Waals surface area contributed by atoms with E-state index in [0.717, 1.165) is 22.7 Å². The average Bonchev–Trinajstić information content (AvgIpc) is 3.03. The van der Waals surface area contributed by atoms with E-state index in [0.29, 0.717) is 23.5 Å². The standard InChI is InChI=1S/C22H22BrClF3N3OS/c1-21(9-10-32-2)13-30(12-19(31)28-16-6-4-15(23)5-7-16)29-20(21)14-3-8-17(18(24)11-14)22(25,26)27/h3-8,11H,9-10,12-13H2,1-2H3,(H,28,31). The van der Waals surface area contributed by atoms with Crippen LogP contribution in [0.1, 0.15) is 24.5 Å². The average molecular weight is 549 g/mol. The number of nitrogens with zero attached hydrogens (tertiary/aromatic N) is 2. The molecule has 0 aliphatic carbocycles. The first kappa shape index (κ1) is 24.9. The molecule has 1 unspecified atom stereocenters. The van der Waals surface area contributed by atoms with Crippen LogP contribution in [0.15, 0.2) is 52.0 Å². The number of thioether (sulfide) groups is 1. The van der Waals surface area contributed by atoms with Crippen molar-refractivity contribution in [3.63, 3.8) is 0 Å². The Kier molecular flexibility index (Phi) is 7.83. The van der Waals surface area contributed by atoms with Crippen LogP contribution in [0.2, 0.25) is 5.02 Å². The van der Waals surface area contributed by atoms with Gasteiger partial charge in [0.05, 0.1) is 16.3 Å². The number of anilines is 1. The van der Waals surface area contributed by atoms with Gasteiger partial charge in [-0.1, -0.05) is 40.5 Å². The van der Waals surface area contributed by atoms with Crippen molar-refractivity contribution in [3.05, 3.63) is 63.1 Å². The van der Waals surface area contributed by atoms with Gasteiger partial charge in [0.2, 0.25) is 5.91 Å². The highest BCUT2D eigenvalue weighted by atomic mass is 79.9. The Morgan fingerprint density at radius 3 is 2.56 bits per heavy atom. The van der Waals surface area contributed by atoms with Gasteiger partial charge in [0.25, 0.3) is 0 Å². The summed E-state index contributed by atoms with van der Waals surface area (Å²) >= 11 is 11.0. The summed E-state index contributed by atoms with van der Waals surface area (Å²) in [5.41, 5.74) is 0.532. The molecule has 0 saturated heterocycles. The molecule has 1 heterocycles. The predicted molar refractivity (Wildman–Crippen MR) is 128 cm³/mol. The summed E-state index contributed by atoms with van der Waals surface area (Å²) < 4.78 is 40.2. The summed E-state index contributed by atoms with van der Waals surface area (Å²) in [6.45, 7) is 2.53. The van der Waals surface area contributed by atoms with Crippen LogP contribution in [-0.2, 0) is 11.0 Å². The van der Waals surface area contributed by atoms with E-state index in [4.69, 9.17) is 11.6 Å². The van der Waals surface area contributed by atoms with Crippen molar-refractivity contribution in [1.29, 1.82) is 0 Å². The summed E-state index contributed by atoms with van der Waals surface area (Å²) in [6, 6.07) is 10.9. The van der Waals surface area contributed by atoms with Crippen molar-refractivity contribution in [2.75, 3.05) is 30.4 Å². The Balaban J connectivity index is 1.83. The molecule has 1 aliphatic heterocycles. The van der Waals surface area contributed by atoms with E-state index in [-0.39, 0.29) is 17.5 Å². The molecule has 0 bridgehead atoms. The lowest BCUT2D eigenvalue weighted by Gasteiger charge is -2.26. The van der Waals surface area contributed by atoms with Crippen molar-refractivity contribution in [2.45, 2.75) is 19.5 Å². The molecule has 1 atom stereocenters. The van der Waals surface area contributed by atoms with Crippen LogP contribution in [0, 0.1) is 5.41 Å². The van der Waals surface area contributed by atoms with Gasteiger partial charge in [-0.05, 0) is 60.4 Å². The fourth-order valence-corrected chi connectivity index (χ4v) is 4.80. The lowest BCUT2D eigenvalue weighted by Crippen LogP contribution is -2.35. The Morgan fingerprint density at radius 1 is 1.28 bits per heavy atom. The number of carbonyl (C=O) groups is 1. The zero-order chi connectivity index (χ0) is 23.5. The van der Waals surface area contributed by atoms with Crippen molar-refractivity contribution in [2.24, 2.45) is 10.5 Å². The molecule has 4 nitrogen and oxygen atoms in total. The van der Waals surface area contributed by atoms with Gasteiger partial charge in [-0.15, -0.1) is 0 Å². The molecule has 2 aromatic rings. The third-order valence-electron chi connectivity index (χ3n) is 5.20. The van der Waals surface area contributed by atoms with Gasteiger partial charge in [0, 0.05) is 22.1 Å². The summed E-state index contributed by atoms with van der Waals surface area (Å²) in [5.74, 6) is 0.623. The molecule has 3 rings (SSSR count). The van der Waals surface area contributed by atoms with E-state index in [1.807, 2.05) is 25.3 Å². The molecule has 172 valence electrons. The smallest absolute Gasteiger partial charge is 0.324 e. The van der Waals surface area contributed by atoms with E-state index >= 15 is 0 Å². The third-order valence-corrected chi connectivity index (χ3v) is 6.66. The van der Waals surface area contributed by atoms with Crippen LogP contribution in [0.3, 0.4) is 0 Å². The van der Waals surface area contributed by atoms with E-state index in [1.165, 1.54) is 12.1 Å². The Labute approximate surface area is 202 Å². The monoisotopic (exact) mass is 547 g/mol. The number of rotatable bonds is 7. The maximum atomic E-state index is 13.1. The molecule has 1 aliphatic rings. The van der Waals surface area contributed by atoms with Crippen LogP contribution in [-0.4, -0.2) is 41.7 Å². The molecule has 1 amide bonds. The molecule has 1 N–H and O–H groups in total. The topological polar surface area (TPSA) is 44.7 Å². The fourth-order valence-electron chi connectivity index (χ4n) is 3.59. The Morgan fingerprint density at radius 2 is 1.97 bits per heavy atom. The number of hydrazone groups is 1. The molecule has 0 spiro atoms. The van der Waals surface area contributed by atoms with Gasteiger partial charge in [0.1, 0.15) is 6.54 Å². The fraction of sp³-hybridized carbons (Fsp3) is 0.364. The second-order valence-electron chi connectivity index (χ2n) is 7.82. The third kappa shape index (κ3) is 5.99. The van der Waals surface area contributed by atoms with Crippen molar-refractivity contribution < 1.29 is 18.0 Å². The summed E-state index contributed by atoms with van der Waals surface area (Å²) in [4.78, 5) is 12.5. The molecule has 0 saturated carbocycles. The highest BCUT2D eigenvalue weighted by Gasteiger charge is 2.40. The second-order valence-corrected chi connectivity index (χ2v) is 10.1. The second kappa shape index (κ2) is 10.1. The maximum Gasteiger partial charge on any atom is 0.417 e. The molecule has 0 radical (unpaired) electrons. The Bertz CT molecular complexity index is 1020. The van der Waals surface area contributed by atoms with Crippen molar-refractivity contribution in [3.8, 4) is 0 Å². The number of halogens is 5. The first-order valence-corrected chi connectivity index (χ1v) is 12.3. The summed E-state index contributed by atoms with van der Waals surface area (Å²) in [7, 11) is 0. The molecule has 2 aromatic carbocycles. The van der Waals surface area contributed by atoms with Gasteiger partial charge in [-0.2, -0.15) is 30.0 Å². The zero-order valence-corrected chi connectivity index (χ0v) is 20.6. The SMILES string of the molecule is CSCCC1(C)CN(CC(=O)Nc2ccc(Br)cc2)N=C1c1ccc(C(F)(F)F)c(Cl)c1. The van der Waals surface area contributed by atoms with Crippen LogP contribution in [0.25, 0.3) is 0 Å².